The van der Waals surface area contributed by atoms with Crippen LogP contribution >= 0.6 is 11.8 Å². The highest BCUT2D eigenvalue weighted by Gasteiger charge is 2.02. The number of rotatable bonds is 5. The molecule has 2 rings (SSSR count). The summed E-state index contributed by atoms with van der Waals surface area (Å²) in [6.45, 7) is 0. The van der Waals surface area contributed by atoms with E-state index in [9.17, 15) is 9.18 Å². The molecule has 2 aromatic carbocycles. The van der Waals surface area contributed by atoms with Crippen LogP contribution in [0.5, 0.6) is 0 Å². The predicted octanol–water partition coefficient (Wildman–Crippen LogP) is 3.96. The summed E-state index contributed by atoms with van der Waals surface area (Å²) in [7, 11) is 0. The Morgan fingerprint density at radius 2 is 1.74 bits per heavy atom. The lowest BCUT2D eigenvalue weighted by molar-refractivity contribution is 0.0697. The van der Waals surface area contributed by atoms with Crippen molar-refractivity contribution in [3.8, 4) is 0 Å². The van der Waals surface area contributed by atoms with E-state index >= 15 is 0 Å². The fraction of sp³-hybridized carbons (Fsp3) is 0.133. The van der Waals surface area contributed by atoms with Gasteiger partial charge in [-0.2, -0.15) is 11.8 Å². The van der Waals surface area contributed by atoms with Crippen molar-refractivity contribution < 1.29 is 14.3 Å². The molecule has 19 heavy (non-hydrogen) atoms. The van der Waals surface area contributed by atoms with Gasteiger partial charge in [0.25, 0.3) is 0 Å². The minimum absolute atomic E-state index is 0.219. The molecule has 0 aliphatic rings. The molecule has 2 aromatic rings. The van der Waals surface area contributed by atoms with E-state index in [1.165, 1.54) is 12.1 Å². The molecular formula is C15H13FO2S. The zero-order chi connectivity index (χ0) is 13.7. The number of halogens is 1. The van der Waals surface area contributed by atoms with Crippen LogP contribution in [0.3, 0.4) is 0 Å². The van der Waals surface area contributed by atoms with Crippen molar-refractivity contribution in [2.75, 3.05) is 0 Å². The van der Waals surface area contributed by atoms with Gasteiger partial charge in [-0.15, -0.1) is 0 Å². The predicted molar refractivity (Wildman–Crippen MR) is 74.8 cm³/mol. The van der Waals surface area contributed by atoms with Crippen LogP contribution in [-0.2, 0) is 11.5 Å². The average Bonchev–Trinajstić information content (AvgIpc) is 2.39. The first kappa shape index (κ1) is 13.6. The third-order valence-electron chi connectivity index (χ3n) is 2.63. The maximum atomic E-state index is 13.0. The average molecular weight is 276 g/mol. The van der Waals surface area contributed by atoms with Crippen LogP contribution in [-0.4, -0.2) is 11.1 Å². The fourth-order valence-corrected chi connectivity index (χ4v) is 2.60. The van der Waals surface area contributed by atoms with Crippen molar-refractivity contribution in [1.82, 2.24) is 0 Å². The Bertz CT molecular complexity index is 567. The largest absolute Gasteiger partial charge is 0.478 e. The molecule has 4 heteroatoms. The third kappa shape index (κ3) is 4.10. The Labute approximate surface area is 115 Å². The Hall–Kier alpha value is -1.81. The molecule has 0 saturated carbocycles. The van der Waals surface area contributed by atoms with Crippen LogP contribution in [0.25, 0.3) is 0 Å². The van der Waals surface area contributed by atoms with E-state index in [2.05, 4.69) is 0 Å². The van der Waals surface area contributed by atoms with E-state index in [0.717, 1.165) is 22.6 Å². The second-order valence-electron chi connectivity index (χ2n) is 4.12. The highest BCUT2D eigenvalue weighted by atomic mass is 32.2. The van der Waals surface area contributed by atoms with Crippen LogP contribution in [0, 0.1) is 5.82 Å². The summed E-state index contributed by atoms with van der Waals surface area (Å²) in [5.74, 6) is 0.373. The first-order valence-electron chi connectivity index (χ1n) is 5.79. The summed E-state index contributed by atoms with van der Waals surface area (Å²) in [5, 5.41) is 8.79. The highest BCUT2D eigenvalue weighted by Crippen LogP contribution is 2.18. The molecule has 0 aliphatic heterocycles. The van der Waals surface area contributed by atoms with Crippen LogP contribution in [0.15, 0.2) is 48.5 Å². The van der Waals surface area contributed by atoms with E-state index in [4.69, 9.17) is 5.11 Å². The minimum atomic E-state index is -0.918. The number of thioether (sulfide) groups is 1. The maximum absolute atomic E-state index is 13.0. The first-order valence-corrected chi connectivity index (χ1v) is 6.95. The van der Waals surface area contributed by atoms with Gasteiger partial charge in [0.2, 0.25) is 0 Å². The van der Waals surface area contributed by atoms with Gasteiger partial charge in [0.1, 0.15) is 5.82 Å². The second-order valence-corrected chi connectivity index (χ2v) is 5.11. The van der Waals surface area contributed by atoms with Gasteiger partial charge in [0.05, 0.1) is 5.56 Å². The summed E-state index contributed by atoms with van der Waals surface area (Å²) in [6.07, 6.45) is 0. The molecule has 98 valence electrons. The van der Waals surface area contributed by atoms with Gasteiger partial charge >= 0.3 is 5.97 Å². The first-order chi connectivity index (χ1) is 9.15. The molecule has 0 heterocycles. The van der Waals surface area contributed by atoms with Gasteiger partial charge in [-0.1, -0.05) is 24.3 Å². The molecule has 0 spiro atoms. The van der Waals surface area contributed by atoms with Crippen LogP contribution in [0.1, 0.15) is 21.5 Å². The third-order valence-corrected chi connectivity index (χ3v) is 3.70. The molecule has 0 saturated heterocycles. The van der Waals surface area contributed by atoms with E-state index < -0.39 is 5.97 Å². The lowest BCUT2D eigenvalue weighted by atomic mass is 10.1. The van der Waals surface area contributed by atoms with Gasteiger partial charge < -0.3 is 5.11 Å². The Balaban J connectivity index is 1.87. The lowest BCUT2D eigenvalue weighted by Gasteiger charge is -2.03. The number of carboxylic acids is 1. The second kappa shape index (κ2) is 6.38. The molecule has 0 radical (unpaired) electrons. The number of carbonyl (C=O) groups is 1. The normalized spacial score (nSPS) is 10.4. The number of hydrogen-bond donors (Lipinski definition) is 1. The summed E-state index contributed by atoms with van der Waals surface area (Å²) >= 11 is 1.67. The Morgan fingerprint density at radius 1 is 1.05 bits per heavy atom. The summed E-state index contributed by atoms with van der Waals surface area (Å²) in [4.78, 5) is 10.7. The van der Waals surface area contributed by atoms with Crippen molar-refractivity contribution >= 4 is 17.7 Å². The minimum Gasteiger partial charge on any atom is -0.478 e. The molecule has 0 amide bonds. The van der Waals surface area contributed by atoms with Crippen molar-refractivity contribution in [1.29, 1.82) is 0 Å². The molecule has 1 N–H and O–H groups in total. The molecule has 0 atom stereocenters. The van der Waals surface area contributed by atoms with Gasteiger partial charge in [-0.05, 0) is 35.4 Å². The van der Waals surface area contributed by atoms with Crippen LogP contribution in [0.4, 0.5) is 4.39 Å². The summed E-state index contributed by atoms with van der Waals surface area (Å²) < 4.78 is 13.0. The van der Waals surface area contributed by atoms with Gasteiger partial charge in [-0.3, -0.25) is 0 Å². The number of benzene rings is 2. The van der Waals surface area contributed by atoms with E-state index in [-0.39, 0.29) is 5.82 Å². The molecule has 0 bridgehead atoms. The van der Waals surface area contributed by atoms with Crippen molar-refractivity contribution in [2.45, 2.75) is 11.5 Å². The monoisotopic (exact) mass is 276 g/mol. The standard InChI is InChI=1S/C15H13FO2S/c16-14-3-1-2-12(8-14)10-19-9-11-4-6-13(7-5-11)15(17)18/h1-8H,9-10H2,(H,17,18). The number of carboxylic acid groups (broad SMARTS) is 1. The smallest absolute Gasteiger partial charge is 0.335 e. The van der Waals surface area contributed by atoms with Crippen molar-refractivity contribution in [3.05, 3.63) is 71.0 Å². The van der Waals surface area contributed by atoms with Crippen LogP contribution in [0.2, 0.25) is 0 Å². The quantitative estimate of drug-likeness (QED) is 0.898. The van der Waals surface area contributed by atoms with E-state index in [1.54, 1.807) is 30.0 Å². The maximum Gasteiger partial charge on any atom is 0.335 e. The highest BCUT2D eigenvalue weighted by molar-refractivity contribution is 7.97. The zero-order valence-electron chi connectivity index (χ0n) is 10.2. The van der Waals surface area contributed by atoms with Gasteiger partial charge in [0.15, 0.2) is 0 Å². The summed E-state index contributed by atoms with van der Waals surface area (Å²) in [6, 6.07) is 13.4. The van der Waals surface area contributed by atoms with E-state index in [1.807, 2.05) is 18.2 Å². The summed E-state index contributed by atoms with van der Waals surface area (Å²) in [5.41, 5.74) is 2.30. The Morgan fingerprint density at radius 3 is 2.37 bits per heavy atom. The van der Waals surface area contributed by atoms with E-state index in [0.29, 0.717) is 5.56 Å². The molecule has 0 aromatic heterocycles. The Kier molecular flexibility index (Phi) is 4.58. The topological polar surface area (TPSA) is 37.3 Å². The van der Waals surface area contributed by atoms with Crippen LogP contribution < -0.4 is 0 Å². The van der Waals surface area contributed by atoms with Crippen molar-refractivity contribution in [3.63, 3.8) is 0 Å². The molecule has 0 aliphatic carbocycles. The SMILES string of the molecule is O=C(O)c1ccc(CSCc2cccc(F)c2)cc1. The van der Waals surface area contributed by atoms with Gasteiger partial charge in [-0.25, -0.2) is 9.18 Å². The molecular weight excluding hydrogens is 263 g/mol. The molecule has 0 unspecified atom stereocenters. The number of aromatic carboxylic acids is 1. The van der Waals surface area contributed by atoms with Crippen molar-refractivity contribution in [2.24, 2.45) is 0 Å². The molecule has 0 fully saturated rings. The number of hydrogen-bond acceptors (Lipinski definition) is 2. The van der Waals surface area contributed by atoms with Gasteiger partial charge in [0, 0.05) is 11.5 Å². The molecule has 2 nitrogen and oxygen atoms in total. The lowest BCUT2D eigenvalue weighted by Crippen LogP contribution is -1.95. The fourth-order valence-electron chi connectivity index (χ4n) is 1.66. The zero-order valence-corrected chi connectivity index (χ0v) is 11.0.